The van der Waals surface area contributed by atoms with E-state index in [1.165, 1.54) is 31.7 Å². The molecule has 4 rings (SSSR count). The Morgan fingerprint density at radius 1 is 1.11 bits per heavy atom. The van der Waals surface area contributed by atoms with Crippen LogP contribution in [-0.2, 0) is 0 Å². The largest absolute Gasteiger partial charge is 0.377 e. The van der Waals surface area contributed by atoms with Crippen LogP contribution in [0.2, 0.25) is 5.02 Å². The maximum Gasteiger partial charge on any atom is 0.164 e. The molecule has 0 unspecified atom stereocenters. The predicted octanol–water partition coefficient (Wildman–Crippen LogP) is 5.60. The second-order valence-electron chi connectivity index (χ2n) is 7.08. The summed E-state index contributed by atoms with van der Waals surface area (Å²) in [5, 5.41) is 2.14. The molecule has 3 aromatic rings. The van der Waals surface area contributed by atoms with Crippen LogP contribution in [0.5, 0.6) is 0 Å². The molecule has 0 atom stereocenters. The summed E-state index contributed by atoms with van der Waals surface area (Å²) in [6, 6.07) is 5.09. The first kappa shape index (κ1) is 18.4. The van der Waals surface area contributed by atoms with Gasteiger partial charge in [-0.15, -0.1) is 11.3 Å². The van der Waals surface area contributed by atoms with Crippen molar-refractivity contribution in [3.05, 3.63) is 34.4 Å². The fourth-order valence-electron chi connectivity index (χ4n) is 3.55. The zero-order valence-corrected chi connectivity index (χ0v) is 17.1. The second kappa shape index (κ2) is 7.60. The summed E-state index contributed by atoms with van der Waals surface area (Å²) in [5.74, 6) is 1.05. The van der Waals surface area contributed by atoms with E-state index < -0.39 is 5.82 Å². The van der Waals surface area contributed by atoms with Gasteiger partial charge in [-0.3, -0.25) is 0 Å². The van der Waals surface area contributed by atoms with Crippen LogP contribution < -0.4 is 9.80 Å². The molecule has 0 saturated carbocycles. The van der Waals surface area contributed by atoms with Crippen molar-refractivity contribution in [2.75, 3.05) is 37.0 Å². The molecule has 1 aliphatic rings. The third-order valence-electron chi connectivity index (χ3n) is 4.95. The van der Waals surface area contributed by atoms with E-state index in [0.29, 0.717) is 11.4 Å². The Bertz CT molecular complexity index is 964. The van der Waals surface area contributed by atoms with Crippen molar-refractivity contribution in [2.45, 2.75) is 25.7 Å². The molecule has 2 aromatic heterocycles. The Morgan fingerprint density at radius 3 is 2.56 bits per heavy atom. The number of thiophene rings is 1. The number of anilines is 2. The molecule has 1 aromatic carbocycles. The van der Waals surface area contributed by atoms with Crippen molar-refractivity contribution < 1.29 is 4.39 Å². The summed E-state index contributed by atoms with van der Waals surface area (Å²) >= 11 is 7.68. The van der Waals surface area contributed by atoms with Crippen LogP contribution in [-0.4, -0.2) is 37.2 Å². The number of hydrogen-bond donors (Lipinski definition) is 0. The number of fused-ring (bicyclic) bond motifs is 1. The Balaban J connectivity index is 1.90. The van der Waals surface area contributed by atoms with E-state index in [-0.39, 0.29) is 5.02 Å². The number of benzene rings is 1. The van der Waals surface area contributed by atoms with Crippen molar-refractivity contribution in [3.8, 4) is 11.4 Å². The van der Waals surface area contributed by atoms with Gasteiger partial charge < -0.3 is 9.80 Å². The summed E-state index contributed by atoms with van der Waals surface area (Å²) in [7, 11) is 3.82. The summed E-state index contributed by atoms with van der Waals surface area (Å²) in [5.41, 5.74) is 2.37. The predicted molar refractivity (Wildman–Crippen MR) is 113 cm³/mol. The Labute approximate surface area is 167 Å². The zero-order chi connectivity index (χ0) is 19.0. The molecule has 0 radical (unpaired) electrons. The lowest BCUT2D eigenvalue weighted by atomic mass is 10.1. The molecule has 27 heavy (non-hydrogen) atoms. The van der Waals surface area contributed by atoms with Gasteiger partial charge in [0.25, 0.3) is 0 Å². The van der Waals surface area contributed by atoms with Gasteiger partial charge in [-0.25, -0.2) is 14.4 Å². The topological polar surface area (TPSA) is 32.3 Å². The van der Waals surface area contributed by atoms with Crippen LogP contribution in [0.4, 0.5) is 15.9 Å². The highest BCUT2D eigenvalue weighted by atomic mass is 35.5. The van der Waals surface area contributed by atoms with Crippen molar-refractivity contribution in [1.29, 1.82) is 0 Å². The first-order valence-corrected chi connectivity index (χ1v) is 10.5. The van der Waals surface area contributed by atoms with E-state index in [0.717, 1.165) is 34.8 Å². The van der Waals surface area contributed by atoms with E-state index in [1.54, 1.807) is 17.4 Å². The lowest BCUT2D eigenvalue weighted by molar-refractivity contribution is 0.628. The molecule has 0 amide bonds. The van der Waals surface area contributed by atoms with Gasteiger partial charge in [0.1, 0.15) is 5.82 Å². The SMILES string of the molecule is CN(C)c1cc(Cl)c(F)cc1-c1nc(N2CCCCCC2)c2sccc2n1. The van der Waals surface area contributed by atoms with Gasteiger partial charge in [0.2, 0.25) is 0 Å². The lowest BCUT2D eigenvalue weighted by Gasteiger charge is -2.23. The molecule has 1 saturated heterocycles. The maximum absolute atomic E-state index is 14.3. The molecule has 3 heterocycles. The van der Waals surface area contributed by atoms with Crippen LogP contribution in [0.1, 0.15) is 25.7 Å². The Kier molecular flexibility index (Phi) is 5.19. The minimum absolute atomic E-state index is 0.104. The van der Waals surface area contributed by atoms with Gasteiger partial charge in [-0.1, -0.05) is 24.4 Å². The van der Waals surface area contributed by atoms with Crippen LogP contribution in [0.3, 0.4) is 0 Å². The minimum Gasteiger partial charge on any atom is -0.377 e. The first-order chi connectivity index (χ1) is 13.0. The van der Waals surface area contributed by atoms with Crippen LogP contribution in [0, 0.1) is 5.82 Å². The Morgan fingerprint density at radius 2 is 1.85 bits per heavy atom. The molecule has 7 heteroatoms. The zero-order valence-electron chi connectivity index (χ0n) is 15.5. The van der Waals surface area contributed by atoms with E-state index in [4.69, 9.17) is 21.6 Å². The van der Waals surface area contributed by atoms with Gasteiger partial charge in [-0.05, 0) is 36.4 Å². The van der Waals surface area contributed by atoms with Crippen LogP contribution in [0.25, 0.3) is 21.6 Å². The summed E-state index contributed by atoms with van der Waals surface area (Å²) in [6.07, 6.45) is 4.86. The molecule has 0 aliphatic carbocycles. The molecule has 142 valence electrons. The standard InChI is InChI=1S/C20H22ClFN4S/c1-25(2)17-12-14(21)15(22)11-13(17)19-23-16-7-10-27-18(16)20(24-19)26-8-5-3-4-6-9-26/h7,10-12H,3-6,8-9H2,1-2H3. The molecule has 1 aliphatic heterocycles. The summed E-state index contributed by atoms with van der Waals surface area (Å²) in [6.45, 7) is 2.00. The minimum atomic E-state index is -0.456. The smallest absolute Gasteiger partial charge is 0.164 e. The van der Waals surface area contributed by atoms with Crippen LogP contribution >= 0.6 is 22.9 Å². The van der Waals surface area contributed by atoms with E-state index in [2.05, 4.69) is 4.90 Å². The van der Waals surface area contributed by atoms with E-state index >= 15 is 0 Å². The van der Waals surface area contributed by atoms with Crippen molar-refractivity contribution in [3.63, 3.8) is 0 Å². The highest BCUT2D eigenvalue weighted by Gasteiger charge is 2.20. The fraction of sp³-hybridized carbons (Fsp3) is 0.400. The van der Waals surface area contributed by atoms with Crippen molar-refractivity contribution in [2.24, 2.45) is 0 Å². The average Bonchev–Trinajstić information content (AvgIpc) is 2.96. The van der Waals surface area contributed by atoms with Crippen molar-refractivity contribution >= 4 is 44.7 Å². The fourth-order valence-corrected chi connectivity index (χ4v) is 4.56. The van der Waals surface area contributed by atoms with E-state index in [1.807, 2.05) is 30.4 Å². The molecule has 0 bridgehead atoms. The number of halogens is 2. The van der Waals surface area contributed by atoms with Gasteiger partial charge in [0.05, 0.1) is 15.2 Å². The number of aromatic nitrogens is 2. The quantitative estimate of drug-likeness (QED) is 0.569. The van der Waals surface area contributed by atoms with E-state index in [9.17, 15) is 4.39 Å². The van der Waals surface area contributed by atoms with Gasteiger partial charge in [0, 0.05) is 38.4 Å². The third-order valence-corrected chi connectivity index (χ3v) is 6.14. The normalized spacial score (nSPS) is 15.2. The molecule has 0 N–H and O–H groups in total. The average molecular weight is 405 g/mol. The van der Waals surface area contributed by atoms with Gasteiger partial charge >= 0.3 is 0 Å². The van der Waals surface area contributed by atoms with Gasteiger partial charge in [-0.2, -0.15) is 0 Å². The van der Waals surface area contributed by atoms with Crippen LogP contribution in [0.15, 0.2) is 23.6 Å². The molecular formula is C20H22ClFN4S. The highest BCUT2D eigenvalue weighted by molar-refractivity contribution is 7.17. The third kappa shape index (κ3) is 3.60. The van der Waals surface area contributed by atoms with Gasteiger partial charge in [0.15, 0.2) is 11.6 Å². The second-order valence-corrected chi connectivity index (χ2v) is 8.41. The molecule has 4 nitrogen and oxygen atoms in total. The first-order valence-electron chi connectivity index (χ1n) is 9.21. The number of hydrogen-bond acceptors (Lipinski definition) is 5. The molecular weight excluding hydrogens is 383 g/mol. The highest BCUT2D eigenvalue weighted by Crippen LogP contribution is 2.37. The molecule has 0 spiro atoms. The van der Waals surface area contributed by atoms with Crippen molar-refractivity contribution in [1.82, 2.24) is 9.97 Å². The number of rotatable bonds is 3. The number of nitrogens with zero attached hydrogens (tertiary/aromatic N) is 4. The lowest BCUT2D eigenvalue weighted by Crippen LogP contribution is -2.25. The molecule has 1 fully saturated rings. The maximum atomic E-state index is 14.3. The summed E-state index contributed by atoms with van der Waals surface area (Å²) < 4.78 is 15.4. The summed E-state index contributed by atoms with van der Waals surface area (Å²) in [4.78, 5) is 13.9. The Hall–Kier alpha value is -1.92. The monoisotopic (exact) mass is 404 g/mol.